The van der Waals surface area contributed by atoms with E-state index in [0.29, 0.717) is 25.9 Å². The minimum absolute atomic E-state index is 0.00714. The molecule has 5 nitrogen and oxygen atoms in total. The molecule has 0 radical (unpaired) electrons. The van der Waals surface area contributed by atoms with Crippen LogP contribution in [-0.4, -0.2) is 67.7 Å². The first-order valence-corrected chi connectivity index (χ1v) is 6.07. The second-order valence-corrected chi connectivity index (χ2v) is 4.28. The van der Waals surface area contributed by atoms with Crippen molar-refractivity contribution in [2.45, 2.75) is 25.1 Å². The van der Waals surface area contributed by atoms with Gasteiger partial charge in [-0.15, -0.1) is 0 Å². The molecule has 112 valence electrons. The summed E-state index contributed by atoms with van der Waals surface area (Å²) >= 11 is 0. The SMILES string of the molecule is O=C(COCC(F)(F)F)N1CCC(OCCO)CC1. The molecule has 1 amide bonds. The number of hydrogen-bond acceptors (Lipinski definition) is 4. The Kier molecular flexibility index (Phi) is 6.53. The molecule has 0 spiro atoms. The lowest BCUT2D eigenvalue weighted by molar-refractivity contribution is -0.178. The highest BCUT2D eigenvalue weighted by atomic mass is 19.4. The average molecular weight is 285 g/mol. The molecule has 0 aromatic heterocycles. The number of carbonyl (C=O) groups is 1. The van der Waals surface area contributed by atoms with Gasteiger partial charge in [-0.05, 0) is 12.8 Å². The number of alkyl halides is 3. The third-order valence-electron chi connectivity index (χ3n) is 2.73. The number of rotatable bonds is 6. The smallest absolute Gasteiger partial charge is 0.394 e. The molecule has 1 N–H and O–H groups in total. The van der Waals surface area contributed by atoms with E-state index in [-0.39, 0.29) is 19.3 Å². The Morgan fingerprint density at radius 1 is 1.32 bits per heavy atom. The maximum atomic E-state index is 11.8. The van der Waals surface area contributed by atoms with Crippen LogP contribution in [0.1, 0.15) is 12.8 Å². The monoisotopic (exact) mass is 285 g/mol. The Morgan fingerprint density at radius 2 is 1.95 bits per heavy atom. The molecular weight excluding hydrogens is 267 g/mol. The van der Waals surface area contributed by atoms with E-state index in [1.807, 2.05) is 0 Å². The second-order valence-electron chi connectivity index (χ2n) is 4.28. The van der Waals surface area contributed by atoms with Gasteiger partial charge >= 0.3 is 6.18 Å². The summed E-state index contributed by atoms with van der Waals surface area (Å²) in [5, 5.41) is 8.60. The van der Waals surface area contributed by atoms with Crippen molar-refractivity contribution in [1.82, 2.24) is 4.90 Å². The quantitative estimate of drug-likeness (QED) is 0.775. The first-order valence-electron chi connectivity index (χ1n) is 6.07. The van der Waals surface area contributed by atoms with Gasteiger partial charge in [-0.1, -0.05) is 0 Å². The summed E-state index contributed by atoms with van der Waals surface area (Å²) in [5.41, 5.74) is 0. The average Bonchev–Trinajstić information content (AvgIpc) is 2.35. The molecule has 0 aromatic carbocycles. The van der Waals surface area contributed by atoms with Crippen LogP contribution >= 0.6 is 0 Å². The van der Waals surface area contributed by atoms with Crippen molar-refractivity contribution in [1.29, 1.82) is 0 Å². The van der Waals surface area contributed by atoms with Crippen molar-refractivity contribution < 1.29 is 32.5 Å². The van der Waals surface area contributed by atoms with E-state index in [0.717, 1.165) is 0 Å². The molecule has 1 heterocycles. The summed E-state index contributed by atoms with van der Waals surface area (Å²) in [7, 11) is 0. The summed E-state index contributed by atoms with van der Waals surface area (Å²) in [6.07, 6.45) is -3.19. The molecule has 0 bridgehead atoms. The molecule has 1 aliphatic rings. The summed E-state index contributed by atoms with van der Waals surface area (Å²) in [6.45, 7) is -0.886. The number of amides is 1. The van der Waals surface area contributed by atoms with E-state index < -0.39 is 25.3 Å². The van der Waals surface area contributed by atoms with Crippen LogP contribution in [0.5, 0.6) is 0 Å². The molecule has 1 saturated heterocycles. The topological polar surface area (TPSA) is 59.0 Å². The van der Waals surface area contributed by atoms with Crippen molar-refractivity contribution >= 4 is 5.91 Å². The Bertz CT molecular complexity index is 278. The third kappa shape index (κ3) is 6.74. The fourth-order valence-electron chi connectivity index (χ4n) is 1.84. The normalized spacial score (nSPS) is 17.8. The molecule has 0 atom stereocenters. The largest absolute Gasteiger partial charge is 0.411 e. The van der Waals surface area contributed by atoms with Gasteiger partial charge in [0, 0.05) is 13.1 Å². The van der Waals surface area contributed by atoms with Crippen LogP contribution in [0.3, 0.4) is 0 Å². The van der Waals surface area contributed by atoms with Crippen LogP contribution in [-0.2, 0) is 14.3 Å². The predicted octanol–water partition coefficient (Wildman–Crippen LogP) is 0.565. The molecular formula is C11H18F3NO4. The van der Waals surface area contributed by atoms with Gasteiger partial charge in [0.2, 0.25) is 5.91 Å². The fraction of sp³-hybridized carbons (Fsp3) is 0.909. The van der Waals surface area contributed by atoms with Gasteiger partial charge in [-0.3, -0.25) is 4.79 Å². The Morgan fingerprint density at radius 3 is 2.47 bits per heavy atom. The number of aliphatic hydroxyl groups excluding tert-OH is 1. The van der Waals surface area contributed by atoms with E-state index in [1.54, 1.807) is 0 Å². The van der Waals surface area contributed by atoms with E-state index in [1.165, 1.54) is 4.90 Å². The van der Waals surface area contributed by atoms with Gasteiger partial charge in [0.15, 0.2) is 0 Å². The molecule has 1 aliphatic heterocycles. The third-order valence-corrected chi connectivity index (χ3v) is 2.73. The maximum absolute atomic E-state index is 11.8. The van der Waals surface area contributed by atoms with Crippen molar-refractivity contribution in [2.75, 3.05) is 39.5 Å². The van der Waals surface area contributed by atoms with Crippen molar-refractivity contribution in [3.05, 3.63) is 0 Å². The standard InChI is InChI=1S/C11H18F3NO4/c12-11(13,14)8-18-7-10(17)15-3-1-9(2-4-15)19-6-5-16/h9,16H,1-8H2. The Labute approximate surface area is 109 Å². The van der Waals surface area contributed by atoms with Gasteiger partial charge in [-0.2, -0.15) is 13.2 Å². The predicted molar refractivity (Wildman–Crippen MR) is 59.5 cm³/mol. The highest BCUT2D eigenvalue weighted by molar-refractivity contribution is 5.77. The van der Waals surface area contributed by atoms with Gasteiger partial charge in [0.1, 0.15) is 13.2 Å². The molecule has 0 saturated carbocycles. The Balaban J connectivity index is 2.18. The molecule has 19 heavy (non-hydrogen) atoms. The number of likely N-dealkylation sites (tertiary alicyclic amines) is 1. The molecule has 1 rings (SSSR count). The van der Waals surface area contributed by atoms with Crippen LogP contribution in [0.15, 0.2) is 0 Å². The van der Waals surface area contributed by atoms with E-state index in [4.69, 9.17) is 9.84 Å². The summed E-state index contributed by atoms with van der Waals surface area (Å²) in [4.78, 5) is 13.0. The van der Waals surface area contributed by atoms with Crippen LogP contribution in [0.2, 0.25) is 0 Å². The van der Waals surface area contributed by atoms with Crippen LogP contribution < -0.4 is 0 Å². The number of hydrogen-bond donors (Lipinski definition) is 1. The van der Waals surface area contributed by atoms with Gasteiger partial charge in [0.05, 0.1) is 19.3 Å². The number of aliphatic hydroxyl groups is 1. The van der Waals surface area contributed by atoms with Crippen molar-refractivity contribution in [3.63, 3.8) is 0 Å². The number of ether oxygens (including phenoxy) is 2. The summed E-state index contributed by atoms with van der Waals surface area (Å²) < 4.78 is 45.1. The van der Waals surface area contributed by atoms with Crippen LogP contribution in [0.25, 0.3) is 0 Å². The maximum Gasteiger partial charge on any atom is 0.411 e. The van der Waals surface area contributed by atoms with Crippen LogP contribution in [0.4, 0.5) is 13.2 Å². The minimum Gasteiger partial charge on any atom is -0.394 e. The lowest BCUT2D eigenvalue weighted by Gasteiger charge is -2.31. The van der Waals surface area contributed by atoms with Crippen molar-refractivity contribution in [3.8, 4) is 0 Å². The minimum atomic E-state index is -4.41. The molecule has 1 fully saturated rings. The van der Waals surface area contributed by atoms with Gasteiger partial charge in [-0.25, -0.2) is 0 Å². The van der Waals surface area contributed by atoms with Crippen molar-refractivity contribution in [2.24, 2.45) is 0 Å². The number of carbonyl (C=O) groups excluding carboxylic acids is 1. The van der Waals surface area contributed by atoms with Gasteiger partial charge in [0.25, 0.3) is 0 Å². The van der Waals surface area contributed by atoms with Crippen LogP contribution in [0, 0.1) is 0 Å². The lowest BCUT2D eigenvalue weighted by atomic mass is 10.1. The highest BCUT2D eigenvalue weighted by Crippen LogP contribution is 2.16. The zero-order valence-electron chi connectivity index (χ0n) is 10.5. The number of nitrogens with zero attached hydrogens (tertiary/aromatic N) is 1. The number of piperidine rings is 1. The molecule has 8 heteroatoms. The Hall–Kier alpha value is -0.860. The summed E-state index contributed by atoms with van der Waals surface area (Å²) in [6, 6.07) is 0. The first kappa shape index (κ1) is 16.2. The van der Waals surface area contributed by atoms with Gasteiger partial charge < -0.3 is 19.5 Å². The van der Waals surface area contributed by atoms with E-state index >= 15 is 0 Å². The lowest BCUT2D eigenvalue weighted by Crippen LogP contribution is -2.43. The van der Waals surface area contributed by atoms with E-state index in [2.05, 4.69) is 4.74 Å². The zero-order valence-corrected chi connectivity index (χ0v) is 10.5. The molecule has 0 unspecified atom stereocenters. The second kappa shape index (κ2) is 7.66. The first-order chi connectivity index (χ1) is 8.92. The summed E-state index contributed by atoms with van der Waals surface area (Å²) in [5.74, 6) is -0.440. The molecule has 0 aliphatic carbocycles. The highest BCUT2D eigenvalue weighted by Gasteiger charge is 2.29. The fourth-order valence-corrected chi connectivity index (χ4v) is 1.84. The van der Waals surface area contributed by atoms with E-state index in [9.17, 15) is 18.0 Å². The zero-order chi connectivity index (χ0) is 14.3. The molecule has 0 aromatic rings. The number of halogens is 3.